The van der Waals surface area contributed by atoms with Crippen molar-refractivity contribution in [1.82, 2.24) is 29.6 Å². The zero-order valence-corrected chi connectivity index (χ0v) is 19.7. The van der Waals surface area contributed by atoms with Gasteiger partial charge in [-0.3, -0.25) is 4.79 Å². The number of hydrogen-bond acceptors (Lipinski definition) is 7. The molecule has 4 heterocycles. The minimum atomic E-state index is 0.143. The Morgan fingerprint density at radius 2 is 1.71 bits per heavy atom. The van der Waals surface area contributed by atoms with Crippen LogP contribution in [0.4, 0.5) is 5.13 Å². The third-order valence-electron chi connectivity index (χ3n) is 5.66. The van der Waals surface area contributed by atoms with Crippen molar-refractivity contribution in [2.75, 3.05) is 31.1 Å². The minimum Gasteiger partial charge on any atom is -0.346 e. The molecule has 0 N–H and O–H groups in total. The van der Waals surface area contributed by atoms with Gasteiger partial charge in [0.1, 0.15) is 0 Å². The van der Waals surface area contributed by atoms with Gasteiger partial charge in [0.2, 0.25) is 5.91 Å². The molecule has 1 fully saturated rings. The highest BCUT2D eigenvalue weighted by Crippen LogP contribution is 2.22. The molecule has 1 aliphatic heterocycles. The number of anilines is 1. The Kier molecular flexibility index (Phi) is 6.04. The maximum Gasteiger partial charge on any atom is 0.251 e. The molecule has 3 aromatic rings. The summed E-state index contributed by atoms with van der Waals surface area (Å²) in [5.74, 6) is 0.699. The van der Waals surface area contributed by atoms with E-state index < -0.39 is 0 Å². The van der Waals surface area contributed by atoms with E-state index in [4.69, 9.17) is 0 Å². The topological polar surface area (TPSA) is 80.0 Å². The van der Waals surface area contributed by atoms with E-state index in [1.54, 1.807) is 16.0 Å². The number of thiazole rings is 1. The van der Waals surface area contributed by atoms with Crippen LogP contribution < -0.4 is 4.90 Å². The standard InChI is InChI=1S/C22H29N7OS/c1-14-11-15(2)24-21(23-14)29-18(5)19(17(4)26-29)12-20(30)27-7-6-8-28(10-9-27)22-25-16(3)13-31-22/h11,13H,6-10,12H2,1-5H3. The molecule has 0 aromatic carbocycles. The average Bonchev–Trinajstić information content (AvgIpc) is 3.15. The van der Waals surface area contributed by atoms with Gasteiger partial charge in [-0.25, -0.2) is 19.6 Å². The zero-order chi connectivity index (χ0) is 22.1. The molecule has 0 saturated carbocycles. The molecule has 4 rings (SSSR count). The lowest BCUT2D eigenvalue weighted by atomic mass is 10.1. The van der Waals surface area contributed by atoms with E-state index in [9.17, 15) is 4.79 Å². The van der Waals surface area contributed by atoms with Crippen LogP contribution in [0.2, 0.25) is 0 Å². The SMILES string of the molecule is Cc1cc(C)nc(-n2nc(C)c(CC(=O)N3CCCN(c4nc(C)cs4)CC3)c2C)n1. The van der Waals surface area contributed by atoms with Crippen LogP contribution in [0.5, 0.6) is 0 Å². The molecule has 1 aliphatic rings. The average molecular weight is 440 g/mol. The fourth-order valence-electron chi connectivity index (χ4n) is 4.04. The lowest BCUT2D eigenvalue weighted by Crippen LogP contribution is -2.36. The largest absolute Gasteiger partial charge is 0.346 e. The maximum atomic E-state index is 13.2. The fourth-order valence-corrected chi connectivity index (χ4v) is 4.89. The van der Waals surface area contributed by atoms with Gasteiger partial charge in [-0.15, -0.1) is 11.3 Å². The summed E-state index contributed by atoms with van der Waals surface area (Å²) in [7, 11) is 0. The zero-order valence-electron chi connectivity index (χ0n) is 18.8. The summed E-state index contributed by atoms with van der Waals surface area (Å²) in [5.41, 5.74) is 5.58. The summed E-state index contributed by atoms with van der Waals surface area (Å²) in [4.78, 5) is 31.1. The number of amides is 1. The Labute approximate surface area is 187 Å². The number of carbonyl (C=O) groups excluding carboxylic acids is 1. The van der Waals surface area contributed by atoms with Gasteiger partial charge in [0.25, 0.3) is 5.95 Å². The number of aromatic nitrogens is 5. The van der Waals surface area contributed by atoms with Crippen molar-refractivity contribution in [2.24, 2.45) is 0 Å². The van der Waals surface area contributed by atoms with Crippen molar-refractivity contribution in [3.63, 3.8) is 0 Å². The van der Waals surface area contributed by atoms with Crippen LogP contribution in [0.15, 0.2) is 11.4 Å². The van der Waals surface area contributed by atoms with Gasteiger partial charge in [-0.05, 0) is 47.1 Å². The summed E-state index contributed by atoms with van der Waals surface area (Å²) in [6, 6.07) is 1.94. The first kappa shape index (κ1) is 21.4. The minimum absolute atomic E-state index is 0.143. The van der Waals surface area contributed by atoms with Gasteiger partial charge in [0.15, 0.2) is 5.13 Å². The normalized spacial score (nSPS) is 14.7. The number of carbonyl (C=O) groups is 1. The molecule has 0 spiro atoms. The molecule has 9 heteroatoms. The molecule has 0 bridgehead atoms. The van der Waals surface area contributed by atoms with Crippen molar-refractivity contribution >= 4 is 22.4 Å². The van der Waals surface area contributed by atoms with E-state index in [1.165, 1.54) is 0 Å². The lowest BCUT2D eigenvalue weighted by molar-refractivity contribution is -0.130. The third-order valence-corrected chi connectivity index (χ3v) is 6.67. The first-order valence-corrected chi connectivity index (χ1v) is 11.5. The summed E-state index contributed by atoms with van der Waals surface area (Å²) in [6.45, 7) is 13.1. The van der Waals surface area contributed by atoms with Crippen molar-refractivity contribution < 1.29 is 4.79 Å². The van der Waals surface area contributed by atoms with E-state index in [0.717, 1.165) is 65.2 Å². The van der Waals surface area contributed by atoms with Crippen LogP contribution in [-0.2, 0) is 11.2 Å². The Hall–Kier alpha value is -2.81. The highest BCUT2D eigenvalue weighted by molar-refractivity contribution is 7.13. The predicted octanol–water partition coefficient (Wildman–Crippen LogP) is 2.94. The Morgan fingerprint density at radius 1 is 0.968 bits per heavy atom. The molecule has 0 aliphatic carbocycles. The van der Waals surface area contributed by atoms with E-state index >= 15 is 0 Å². The van der Waals surface area contributed by atoms with Gasteiger partial charge < -0.3 is 9.80 Å². The number of rotatable bonds is 4. The molecular formula is C22H29N7OS. The van der Waals surface area contributed by atoms with Gasteiger partial charge in [0.05, 0.1) is 17.8 Å². The summed E-state index contributed by atoms with van der Waals surface area (Å²) in [6.07, 6.45) is 1.29. The summed E-state index contributed by atoms with van der Waals surface area (Å²) >= 11 is 1.67. The molecule has 1 amide bonds. The first-order chi connectivity index (χ1) is 14.8. The summed E-state index contributed by atoms with van der Waals surface area (Å²) < 4.78 is 1.76. The molecule has 0 radical (unpaired) electrons. The number of nitrogens with zero attached hydrogens (tertiary/aromatic N) is 7. The maximum absolute atomic E-state index is 13.2. The second kappa shape index (κ2) is 8.74. The Morgan fingerprint density at radius 3 is 2.39 bits per heavy atom. The van der Waals surface area contributed by atoms with Gasteiger partial charge in [-0.1, -0.05) is 0 Å². The van der Waals surface area contributed by atoms with Crippen LogP contribution >= 0.6 is 11.3 Å². The van der Waals surface area contributed by atoms with Gasteiger partial charge in [-0.2, -0.15) is 5.10 Å². The van der Waals surface area contributed by atoms with Gasteiger partial charge in [0, 0.05) is 54.2 Å². The third kappa shape index (κ3) is 4.61. The number of aryl methyl sites for hydroxylation is 4. The summed E-state index contributed by atoms with van der Waals surface area (Å²) in [5, 5.41) is 7.76. The molecule has 3 aromatic heterocycles. The van der Waals surface area contributed by atoms with Crippen LogP contribution in [0.1, 0.15) is 40.5 Å². The van der Waals surface area contributed by atoms with E-state index in [2.05, 4.69) is 30.3 Å². The van der Waals surface area contributed by atoms with Gasteiger partial charge >= 0.3 is 0 Å². The van der Waals surface area contributed by atoms with Crippen molar-refractivity contribution in [3.05, 3.63) is 45.5 Å². The van der Waals surface area contributed by atoms with E-state index in [1.807, 2.05) is 45.6 Å². The van der Waals surface area contributed by atoms with Crippen LogP contribution in [0, 0.1) is 34.6 Å². The lowest BCUT2D eigenvalue weighted by Gasteiger charge is -2.22. The molecule has 164 valence electrons. The van der Waals surface area contributed by atoms with Crippen LogP contribution in [-0.4, -0.2) is 61.7 Å². The molecular weight excluding hydrogens is 410 g/mol. The smallest absolute Gasteiger partial charge is 0.251 e. The van der Waals surface area contributed by atoms with Crippen LogP contribution in [0.25, 0.3) is 5.95 Å². The molecule has 1 saturated heterocycles. The quantitative estimate of drug-likeness (QED) is 0.622. The van der Waals surface area contributed by atoms with Crippen molar-refractivity contribution in [1.29, 1.82) is 0 Å². The highest BCUT2D eigenvalue weighted by atomic mass is 32.1. The van der Waals surface area contributed by atoms with Crippen LogP contribution in [0.3, 0.4) is 0 Å². The predicted molar refractivity (Wildman–Crippen MR) is 122 cm³/mol. The Bertz CT molecular complexity index is 1080. The second-order valence-corrected chi connectivity index (χ2v) is 9.02. The Balaban J connectivity index is 1.48. The molecule has 8 nitrogen and oxygen atoms in total. The van der Waals surface area contributed by atoms with E-state index in [0.29, 0.717) is 18.9 Å². The second-order valence-electron chi connectivity index (χ2n) is 8.18. The molecule has 0 atom stereocenters. The first-order valence-electron chi connectivity index (χ1n) is 10.6. The molecule has 0 unspecified atom stereocenters. The molecule has 31 heavy (non-hydrogen) atoms. The number of hydrogen-bond donors (Lipinski definition) is 0. The monoisotopic (exact) mass is 439 g/mol. The van der Waals surface area contributed by atoms with Crippen molar-refractivity contribution in [2.45, 2.75) is 47.5 Å². The fraction of sp³-hybridized carbons (Fsp3) is 0.500. The van der Waals surface area contributed by atoms with E-state index in [-0.39, 0.29) is 5.91 Å². The highest BCUT2D eigenvalue weighted by Gasteiger charge is 2.24. The van der Waals surface area contributed by atoms with Crippen molar-refractivity contribution in [3.8, 4) is 5.95 Å².